The van der Waals surface area contributed by atoms with Gasteiger partial charge in [0.2, 0.25) is 5.91 Å². The molecule has 3 N–H and O–H groups in total. The first kappa shape index (κ1) is 13.5. The maximum atomic E-state index is 12.1. The van der Waals surface area contributed by atoms with E-state index in [9.17, 15) is 9.59 Å². The van der Waals surface area contributed by atoms with Gasteiger partial charge in [-0.2, -0.15) is 0 Å². The zero-order valence-corrected chi connectivity index (χ0v) is 10.8. The van der Waals surface area contributed by atoms with Crippen LogP contribution in [0.3, 0.4) is 0 Å². The molecule has 0 spiro atoms. The number of amides is 2. The molecule has 1 fully saturated rings. The molecule has 0 heterocycles. The molecular weight excluding hydrogens is 244 g/mol. The Morgan fingerprint density at radius 2 is 1.89 bits per heavy atom. The third-order valence-electron chi connectivity index (χ3n) is 3.59. The number of hydrogen-bond acceptors (Lipinski definition) is 3. The minimum atomic E-state index is -0.424. The Morgan fingerprint density at radius 3 is 2.53 bits per heavy atom. The first-order valence-corrected chi connectivity index (χ1v) is 6.43. The molecule has 1 saturated carbocycles. The Balaban J connectivity index is 2.02. The van der Waals surface area contributed by atoms with Crippen LogP contribution in [-0.2, 0) is 4.79 Å². The Kier molecular flexibility index (Phi) is 4.16. The summed E-state index contributed by atoms with van der Waals surface area (Å²) in [5, 5.41) is 11.6. The van der Waals surface area contributed by atoms with Gasteiger partial charge in [-0.1, -0.05) is 24.1 Å². The van der Waals surface area contributed by atoms with Crippen LogP contribution in [0.1, 0.15) is 35.2 Å². The summed E-state index contributed by atoms with van der Waals surface area (Å²) in [7, 11) is 0. The summed E-state index contributed by atoms with van der Waals surface area (Å²) in [6, 6.07) is 7.07. The lowest BCUT2D eigenvalue weighted by Crippen LogP contribution is -2.43. The van der Waals surface area contributed by atoms with E-state index in [4.69, 9.17) is 5.21 Å². The highest BCUT2D eigenvalue weighted by atomic mass is 16.5. The molecule has 0 aromatic heterocycles. The quantitative estimate of drug-likeness (QED) is 0.569. The molecule has 5 nitrogen and oxygen atoms in total. The summed E-state index contributed by atoms with van der Waals surface area (Å²) in [6.45, 7) is 1.96. The Labute approximate surface area is 112 Å². The summed E-state index contributed by atoms with van der Waals surface area (Å²) in [4.78, 5) is 23.5. The van der Waals surface area contributed by atoms with Gasteiger partial charge in [-0.3, -0.25) is 14.8 Å². The molecule has 1 aromatic rings. The second kappa shape index (κ2) is 5.84. The van der Waals surface area contributed by atoms with E-state index in [0.29, 0.717) is 12.0 Å². The monoisotopic (exact) mass is 262 g/mol. The molecule has 102 valence electrons. The van der Waals surface area contributed by atoms with Gasteiger partial charge in [-0.15, -0.1) is 0 Å². The first-order chi connectivity index (χ1) is 9.11. The van der Waals surface area contributed by atoms with Crippen LogP contribution in [-0.4, -0.2) is 23.1 Å². The number of nitrogens with one attached hydrogen (secondary N) is 2. The van der Waals surface area contributed by atoms with E-state index in [-0.39, 0.29) is 17.9 Å². The minimum absolute atomic E-state index is 0.178. The second-order valence-electron chi connectivity index (χ2n) is 4.96. The fraction of sp³-hybridized carbons (Fsp3) is 0.429. The zero-order valence-electron chi connectivity index (χ0n) is 10.8. The molecule has 0 aliphatic heterocycles. The van der Waals surface area contributed by atoms with Gasteiger partial charge in [0.15, 0.2) is 0 Å². The minimum Gasteiger partial charge on any atom is -0.349 e. The standard InChI is InChI=1S/C14H18N2O3/c1-9-5-7-10(8-6-9)13(17)15-12-4-2-3-11(12)14(18)16-19/h5-8,11-12,19H,2-4H2,1H3,(H,15,17)(H,16,18)/t11-,12+/m0/s1. The van der Waals surface area contributed by atoms with Crippen molar-refractivity contribution >= 4 is 11.8 Å². The summed E-state index contributed by atoms with van der Waals surface area (Å²) in [6.07, 6.45) is 2.32. The molecular formula is C14H18N2O3. The molecule has 0 saturated heterocycles. The largest absolute Gasteiger partial charge is 0.349 e. The lowest BCUT2D eigenvalue weighted by molar-refractivity contribution is -0.133. The average Bonchev–Trinajstić information content (AvgIpc) is 2.86. The van der Waals surface area contributed by atoms with Crippen LogP contribution in [0.4, 0.5) is 0 Å². The fourth-order valence-corrected chi connectivity index (χ4v) is 2.49. The van der Waals surface area contributed by atoms with Gasteiger partial charge in [-0.05, 0) is 31.9 Å². The summed E-state index contributed by atoms with van der Waals surface area (Å²) < 4.78 is 0. The van der Waals surface area contributed by atoms with Crippen LogP contribution in [0.2, 0.25) is 0 Å². The molecule has 1 aliphatic rings. The van der Waals surface area contributed by atoms with Crippen molar-refractivity contribution < 1.29 is 14.8 Å². The summed E-state index contributed by atoms with van der Waals surface area (Å²) in [5.74, 6) is -0.950. The van der Waals surface area contributed by atoms with Crippen LogP contribution in [0.15, 0.2) is 24.3 Å². The topological polar surface area (TPSA) is 78.4 Å². The molecule has 1 aliphatic carbocycles. The number of hydrogen-bond donors (Lipinski definition) is 3. The van der Waals surface area contributed by atoms with E-state index >= 15 is 0 Å². The van der Waals surface area contributed by atoms with Gasteiger partial charge in [0.05, 0.1) is 5.92 Å². The third-order valence-corrected chi connectivity index (χ3v) is 3.59. The van der Waals surface area contributed by atoms with Crippen LogP contribution in [0.25, 0.3) is 0 Å². The Morgan fingerprint density at radius 1 is 1.21 bits per heavy atom. The molecule has 2 atom stereocenters. The van der Waals surface area contributed by atoms with Crippen molar-refractivity contribution in [3.63, 3.8) is 0 Å². The highest BCUT2D eigenvalue weighted by Gasteiger charge is 2.33. The van der Waals surface area contributed by atoms with Gasteiger partial charge < -0.3 is 5.32 Å². The number of carbonyl (C=O) groups is 2. The van der Waals surface area contributed by atoms with E-state index in [1.807, 2.05) is 19.1 Å². The smallest absolute Gasteiger partial charge is 0.251 e. The van der Waals surface area contributed by atoms with E-state index in [1.54, 1.807) is 17.6 Å². The highest BCUT2D eigenvalue weighted by molar-refractivity contribution is 5.94. The number of aryl methyl sites for hydroxylation is 1. The van der Waals surface area contributed by atoms with Gasteiger partial charge in [0.25, 0.3) is 5.91 Å². The van der Waals surface area contributed by atoms with E-state index in [1.165, 1.54) is 0 Å². The van der Waals surface area contributed by atoms with Crippen molar-refractivity contribution in [1.29, 1.82) is 0 Å². The summed E-state index contributed by atoms with van der Waals surface area (Å²) >= 11 is 0. The molecule has 2 amide bonds. The van der Waals surface area contributed by atoms with Crippen molar-refractivity contribution in [2.75, 3.05) is 0 Å². The predicted octanol–water partition coefficient (Wildman–Crippen LogP) is 1.40. The van der Waals surface area contributed by atoms with Gasteiger partial charge in [0.1, 0.15) is 0 Å². The van der Waals surface area contributed by atoms with Crippen molar-refractivity contribution in [3.8, 4) is 0 Å². The Bertz CT molecular complexity index is 470. The number of hydroxylamine groups is 1. The summed E-state index contributed by atoms with van der Waals surface area (Å²) in [5.41, 5.74) is 3.34. The van der Waals surface area contributed by atoms with Crippen LogP contribution in [0, 0.1) is 12.8 Å². The fourth-order valence-electron chi connectivity index (χ4n) is 2.49. The maximum Gasteiger partial charge on any atom is 0.251 e. The SMILES string of the molecule is Cc1ccc(C(=O)N[C@@H]2CCC[C@@H]2C(=O)NO)cc1. The molecule has 1 aromatic carbocycles. The van der Waals surface area contributed by atoms with Crippen LogP contribution in [0.5, 0.6) is 0 Å². The van der Waals surface area contributed by atoms with E-state index in [0.717, 1.165) is 18.4 Å². The van der Waals surface area contributed by atoms with Crippen LogP contribution >= 0.6 is 0 Å². The lowest BCUT2D eigenvalue weighted by Gasteiger charge is -2.19. The van der Waals surface area contributed by atoms with Gasteiger partial charge in [-0.25, -0.2) is 5.48 Å². The molecule has 0 bridgehead atoms. The lowest BCUT2D eigenvalue weighted by atomic mass is 10.0. The van der Waals surface area contributed by atoms with Crippen molar-refractivity contribution in [3.05, 3.63) is 35.4 Å². The normalized spacial score (nSPS) is 22.0. The molecule has 5 heteroatoms. The van der Waals surface area contributed by atoms with Crippen molar-refractivity contribution in [2.24, 2.45) is 5.92 Å². The highest BCUT2D eigenvalue weighted by Crippen LogP contribution is 2.26. The van der Waals surface area contributed by atoms with Gasteiger partial charge in [0, 0.05) is 11.6 Å². The van der Waals surface area contributed by atoms with Gasteiger partial charge >= 0.3 is 0 Å². The van der Waals surface area contributed by atoms with Crippen molar-refractivity contribution in [2.45, 2.75) is 32.2 Å². The van der Waals surface area contributed by atoms with Crippen molar-refractivity contribution in [1.82, 2.24) is 10.8 Å². The molecule has 0 radical (unpaired) electrons. The molecule has 2 rings (SSSR count). The third kappa shape index (κ3) is 3.12. The second-order valence-corrected chi connectivity index (χ2v) is 4.96. The number of carbonyl (C=O) groups excluding carboxylic acids is 2. The van der Waals surface area contributed by atoms with Crippen LogP contribution < -0.4 is 10.8 Å². The first-order valence-electron chi connectivity index (χ1n) is 6.43. The average molecular weight is 262 g/mol. The molecule has 19 heavy (non-hydrogen) atoms. The van der Waals surface area contributed by atoms with E-state index in [2.05, 4.69) is 5.32 Å². The zero-order chi connectivity index (χ0) is 13.8. The predicted molar refractivity (Wildman–Crippen MR) is 69.7 cm³/mol. The Hall–Kier alpha value is -1.88. The number of rotatable bonds is 3. The number of benzene rings is 1. The molecule has 0 unspecified atom stereocenters. The van der Waals surface area contributed by atoms with E-state index < -0.39 is 5.91 Å². The maximum absolute atomic E-state index is 12.1.